The molecule has 82 valence electrons. The molecule has 0 aromatic heterocycles. The standard InChI is InChI=1S/C11H12F2O2/c1-6-4-5-7(12)8(9(6)13)11(2,3)10(14)15/h4-5H,1-3H3,(H,14,15). The normalized spacial score (nSPS) is 11.5. The zero-order valence-corrected chi connectivity index (χ0v) is 8.77. The highest BCUT2D eigenvalue weighted by Crippen LogP contribution is 2.30. The van der Waals surface area contributed by atoms with E-state index in [0.717, 1.165) is 6.07 Å². The molecule has 1 rings (SSSR count). The van der Waals surface area contributed by atoms with Crippen molar-refractivity contribution in [1.29, 1.82) is 0 Å². The first-order chi connectivity index (χ1) is 6.78. The summed E-state index contributed by atoms with van der Waals surface area (Å²) in [6.07, 6.45) is 0. The van der Waals surface area contributed by atoms with Crippen molar-refractivity contribution in [1.82, 2.24) is 0 Å². The van der Waals surface area contributed by atoms with Gasteiger partial charge in [0, 0.05) is 5.56 Å². The van der Waals surface area contributed by atoms with Crippen LogP contribution in [0.2, 0.25) is 0 Å². The van der Waals surface area contributed by atoms with Crippen LogP contribution in [0, 0.1) is 18.6 Å². The van der Waals surface area contributed by atoms with Crippen LogP contribution in [0.4, 0.5) is 8.78 Å². The Morgan fingerprint density at radius 2 is 1.87 bits per heavy atom. The predicted molar refractivity (Wildman–Crippen MR) is 51.8 cm³/mol. The second kappa shape index (κ2) is 3.61. The van der Waals surface area contributed by atoms with E-state index in [1.165, 1.54) is 26.8 Å². The number of aliphatic carboxylic acids is 1. The molecule has 0 saturated heterocycles. The van der Waals surface area contributed by atoms with Crippen LogP contribution in [-0.2, 0) is 10.2 Å². The third-order valence-corrected chi connectivity index (χ3v) is 2.44. The second-order valence-electron chi connectivity index (χ2n) is 3.98. The molecule has 1 N–H and O–H groups in total. The molecule has 0 spiro atoms. The van der Waals surface area contributed by atoms with Crippen LogP contribution < -0.4 is 0 Å². The molecule has 0 saturated carbocycles. The second-order valence-corrected chi connectivity index (χ2v) is 3.98. The van der Waals surface area contributed by atoms with E-state index in [2.05, 4.69) is 0 Å². The van der Waals surface area contributed by atoms with E-state index >= 15 is 0 Å². The van der Waals surface area contributed by atoms with Gasteiger partial charge < -0.3 is 5.11 Å². The number of carbonyl (C=O) groups is 1. The number of aryl methyl sites for hydroxylation is 1. The molecule has 15 heavy (non-hydrogen) atoms. The van der Waals surface area contributed by atoms with E-state index < -0.39 is 28.6 Å². The average molecular weight is 214 g/mol. The quantitative estimate of drug-likeness (QED) is 0.821. The van der Waals surface area contributed by atoms with Crippen molar-refractivity contribution in [2.24, 2.45) is 0 Å². The Labute approximate surface area is 86.5 Å². The van der Waals surface area contributed by atoms with Crippen LogP contribution in [0.1, 0.15) is 25.0 Å². The number of carboxylic acid groups (broad SMARTS) is 1. The van der Waals surface area contributed by atoms with Gasteiger partial charge in [-0.2, -0.15) is 0 Å². The van der Waals surface area contributed by atoms with Crippen molar-refractivity contribution >= 4 is 5.97 Å². The maximum Gasteiger partial charge on any atom is 0.313 e. The van der Waals surface area contributed by atoms with E-state index in [0.29, 0.717) is 0 Å². The van der Waals surface area contributed by atoms with Crippen LogP contribution in [0.25, 0.3) is 0 Å². The molecule has 0 atom stereocenters. The first-order valence-corrected chi connectivity index (χ1v) is 4.47. The fraction of sp³-hybridized carbons (Fsp3) is 0.364. The monoisotopic (exact) mass is 214 g/mol. The van der Waals surface area contributed by atoms with Crippen LogP contribution in [-0.4, -0.2) is 11.1 Å². The van der Waals surface area contributed by atoms with Gasteiger partial charge in [0.2, 0.25) is 0 Å². The Hall–Kier alpha value is -1.45. The summed E-state index contributed by atoms with van der Waals surface area (Å²) in [4.78, 5) is 10.9. The van der Waals surface area contributed by atoms with E-state index in [4.69, 9.17) is 5.11 Å². The molecule has 1 aromatic rings. The molecule has 0 aliphatic rings. The summed E-state index contributed by atoms with van der Waals surface area (Å²) >= 11 is 0. The van der Waals surface area contributed by atoms with Crippen molar-refractivity contribution in [3.63, 3.8) is 0 Å². The van der Waals surface area contributed by atoms with Crippen molar-refractivity contribution in [2.75, 3.05) is 0 Å². The highest BCUT2D eigenvalue weighted by atomic mass is 19.1. The molecule has 0 heterocycles. The van der Waals surface area contributed by atoms with Gasteiger partial charge in [-0.15, -0.1) is 0 Å². The molecule has 0 unspecified atom stereocenters. The maximum atomic E-state index is 13.6. The maximum absolute atomic E-state index is 13.6. The number of halogens is 2. The number of rotatable bonds is 2. The van der Waals surface area contributed by atoms with Crippen molar-refractivity contribution < 1.29 is 18.7 Å². The lowest BCUT2D eigenvalue weighted by Gasteiger charge is -2.21. The molecule has 0 aliphatic heterocycles. The van der Waals surface area contributed by atoms with Gasteiger partial charge in [0.25, 0.3) is 0 Å². The predicted octanol–water partition coefficient (Wildman–Crippen LogP) is 2.64. The minimum absolute atomic E-state index is 0.237. The largest absolute Gasteiger partial charge is 0.481 e. The third-order valence-electron chi connectivity index (χ3n) is 2.44. The number of carboxylic acids is 1. The molecule has 0 fully saturated rings. The van der Waals surface area contributed by atoms with Gasteiger partial charge in [-0.1, -0.05) is 6.07 Å². The summed E-state index contributed by atoms with van der Waals surface area (Å²) in [5, 5.41) is 8.90. The summed E-state index contributed by atoms with van der Waals surface area (Å²) in [5.74, 6) is -2.88. The third kappa shape index (κ3) is 1.84. The average Bonchev–Trinajstić information content (AvgIpc) is 2.11. The SMILES string of the molecule is Cc1ccc(F)c(C(C)(C)C(=O)O)c1F. The zero-order valence-electron chi connectivity index (χ0n) is 8.77. The van der Waals surface area contributed by atoms with Crippen molar-refractivity contribution in [3.8, 4) is 0 Å². The molecule has 1 aromatic carbocycles. The van der Waals surface area contributed by atoms with Crippen LogP contribution in [0.3, 0.4) is 0 Å². The summed E-state index contributed by atoms with van der Waals surface area (Å²) in [5.41, 5.74) is -1.73. The highest BCUT2D eigenvalue weighted by molar-refractivity contribution is 5.80. The summed E-state index contributed by atoms with van der Waals surface area (Å²) in [6, 6.07) is 2.37. The zero-order chi connectivity index (χ0) is 11.8. The number of hydrogen-bond donors (Lipinski definition) is 1. The lowest BCUT2D eigenvalue weighted by molar-refractivity contribution is -0.142. The Morgan fingerprint density at radius 1 is 1.33 bits per heavy atom. The Kier molecular flexibility index (Phi) is 2.79. The van der Waals surface area contributed by atoms with Crippen molar-refractivity contribution in [2.45, 2.75) is 26.2 Å². The molecule has 4 heteroatoms. The smallest absolute Gasteiger partial charge is 0.313 e. The molecule has 0 aliphatic carbocycles. The van der Waals surface area contributed by atoms with E-state index in [-0.39, 0.29) is 5.56 Å². The lowest BCUT2D eigenvalue weighted by Crippen LogP contribution is -2.31. The van der Waals surface area contributed by atoms with Gasteiger partial charge in [0.1, 0.15) is 11.6 Å². The van der Waals surface area contributed by atoms with Gasteiger partial charge in [0.15, 0.2) is 0 Å². The van der Waals surface area contributed by atoms with E-state index in [1.54, 1.807) is 0 Å². The molecule has 0 amide bonds. The van der Waals surface area contributed by atoms with Gasteiger partial charge in [-0.3, -0.25) is 4.79 Å². The lowest BCUT2D eigenvalue weighted by atomic mass is 9.83. The minimum Gasteiger partial charge on any atom is -0.481 e. The highest BCUT2D eigenvalue weighted by Gasteiger charge is 2.35. The fourth-order valence-electron chi connectivity index (χ4n) is 1.34. The molecule has 0 radical (unpaired) electrons. The number of hydrogen-bond acceptors (Lipinski definition) is 1. The summed E-state index contributed by atoms with van der Waals surface area (Å²) in [7, 11) is 0. The Morgan fingerprint density at radius 3 is 2.33 bits per heavy atom. The summed E-state index contributed by atoms with van der Waals surface area (Å²) < 4.78 is 27.0. The minimum atomic E-state index is -1.57. The van der Waals surface area contributed by atoms with Gasteiger partial charge in [-0.05, 0) is 32.4 Å². The number of benzene rings is 1. The summed E-state index contributed by atoms with van der Waals surface area (Å²) in [6.45, 7) is 4.02. The van der Waals surface area contributed by atoms with E-state index in [9.17, 15) is 13.6 Å². The first kappa shape index (κ1) is 11.6. The van der Waals surface area contributed by atoms with Crippen LogP contribution >= 0.6 is 0 Å². The first-order valence-electron chi connectivity index (χ1n) is 4.47. The topological polar surface area (TPSA) is 37.3 Å². The van der Waals surface area contributed by atoms with Crippen molar-refractivity contribution in [3.05, 3.63) is 34.9 Å². The van der Waals surface area contributed by atoms with Crippen LogP contribution in [0.5, 0.6) is 0 Å². The molecular weight excluding hydrogens is 202 g/mol. The molecule has 0 bridgehead atoms. The van der Waals surface area contributed by atoms with Gasteiger partial charge >= 0.3 is 5.97 Å². The van der Waals surface area contributed by atoms with Gasteiger partial charge in [0.05, 0.1) is 5.41 Å². The van der Waals surface area contributed by atoms with Gasteiger partial charge in [-0.25, -0.2) is 8.78 Å². The van der Waals surface area contributed by atoms with Crippen LogP contribution in [0.15, 0.2) is 12.1 Å². The molecular formula is C11H12F2O2. The molecule has 2 nitrogen and oxygen atoms in total. The van der Waals surface area contributed by atoms with E-state index in [1.807, 2.05) is 0 Å². The Balaban J connectivity index is 3.49. The fourth-order valence-corrected chi connectivity index (χ4v) is 1.34. The Bertz CT molecular complexity index is 411.